The van der Waals surface area contributed by atoms with E-state index in [9.17, 15) is 22.0 Å². The summed E-state index contributed by atoms with van der Waals surface area (Å²) in [6, 6.07) is 7.53. The third-order valence-corrected chi connectivity index (χ3v) is 3.28. The van der Waals surface area contributed by atoms with Gasteiger partial charge in [0, 0.05) is 17.3 Å². The molecule has 2 aromatic heterocycles. The molecule has 3 rings (SSSR count). The van der Waals surface area contributed by atoms with Crippen molar-refractivity contribution in [3.05, 3.63) is 48.5 Å². The Morgan fingerprint density at radius 2 is 1.96 bits per heavy atom. The second-order valence-electron chi connectivity index (χ2n) is 4.78. The summed E-state index contributed by atoms with van der Waals surface area (Å²) >= 11 is 0. The van der Waals surface area contributed by atoms with E-state index in [1.807, 2.05) is 0 Å². The van der Waals surface area contributed by atoms with Crippen LogP contribution in [0.15, 0.2) is 36.5 Å². The SMILES string of the molecule is FC(F)Cn1c(C(F)(F)F)nc2c(-c3cc[c]nc3)cccc21. The molecular formula is C15H9F5N3. The summed E-state index contributed by atoms with van der Waals surface area (Å²) in [5.74, 6) is -1.34. The molecule has 0 aliphatic heterocycles. The molecule has 2 heterocycles. The molecule has 119 valence electrons. The first-order valence-corrected chi connectivity index (χ1v) is 6.55. The first kappa shape index (κ1) is 15.4. The lowest BCUT2D eigenvalue weighted by molar-refractivity contribution is -0.147. The number of rotatable bonds is 3. The van der Waals surface area contributed by atoms with Gasteiger partial charge in [-0.3, -0.25) is 4.98 Å². The van der Waals surface area contributed by atoms with E-state index in [-0.39, 0.29) is 11.0 Å². The van der Waals surface area contributed by atoms with Crippen molar-refractivity contribution in [2.45, 2.75) is 19.1 Å². The van der Waals surface area contributed by atoms with Crippen LogP contribution in [0.4, 0.5) is 22.0 Å². The molecule has 1 aromatic carbocycles. The van der Waals surface area contributed by atoms with E-state index in [2.05, 4.69) is 16.2 Å². The second kappa shape index (κ2) is 5.60. The van der Waals surface area contributed by atoms with Gasteiger partial charge in [-0.15, -0.1) is 0 Å². The number of nitrogens with zero attached hydrogens (tertiary/aromatic N) is 3. The van der Waals surface area contributed by atoms with Gasteiger partial charge in [0.25, 0.3) is 6.43 Å². The molecule has 3 aromatic rings. The van der Waals surface area contributed by atoms with E-state index in [4.69, 9.17) is 0 Å². The van der Waals surface area contributed by atoms with Crippen LogP contribution in [0.25, 0.3) is 22.2 Å². The minimum absolute atomic E-state index is 0.00274. The molecule has 0 fully saturated rings. The monoisotopic (exact) mass is 326 g/mol. The van der Waals surface area contributed by atoms with E-state index >= 15 is 0 Å². The van der Waals surface area contributed by atoms with Crippen LogP contribution in [0.5, 0.6) is 0 Å². The van der Waals surface area contributed by atoms with Crippen LogP contribution in [-0.2, 0) is 12.7 Å². The number of alkyl halides is 5. The summed E-state index contributed by atoms with van der Waals surface area (Å²) in [5, 5.41) is 0. The van der Waals surface area contributed by atoms with Gasteiger partial charge in [0.05, 0.1) is 23.8 Å². The smallest absolute Gasteiger partial charge is 0.315 e. The Hall–Kier alpha value is -2.51. The number of para-hydroxylation sites is 1. The maximum absolute atomic E-state index is 13.1. The van der Waals surface area contributed by atoms with Crippen LogP contribution < -0.4 is 0 Å². The zero-order valence-corrected chi connectivity index (χ0v) is 11.5. The van der Waals surface area contributed by atoms with Crippen molar-refractivity contribution in [2.75, 3.05) is 0 Å². The lowest BCUT2D eigenvalue weighted by atomic mass is 10.1. The molecule has 23 heavy (non-hydrogen) atoms. The summed E-state index contributed by atoms with van der Waals surface area (Å²) in [5.41, 5.74) is 0.934. The normalized spacial score (nSPS) is 12.3. The number of imidazole rings is 1. The Balaban J connectivity index is 2.29. The molecule has 3 nitrogen and oxygen atoms in total. The summed E-state index contributed by atoms with van der Waals surface area (Å²) in [6.45, 7) is -1.07. The van der Waals surface area contributed by atoms with Crippen LogP contribution in [0.1, 0.15) is 5.82 Å². The van der Waals surface area contributed by atoms with Crippen molar-refractivity contribution in [1.29, 1.82) is 0 Å². The molecule has 0 saturated heterocycles. The van der Waals surface area contributed by atoms with Gasteiger partial charge >= 0.3 is 6.18 Å². The second-order valence-corrected chi connectivity index (χ2v) is 4.78. The molecule has 0 bridgehead atoms. The Bertz CT molecular complexity index is 824. The van der Waals surface area contributed by atoms with Gasteiger partial charge in [0.2, 0.25) is 5.82 Å². The summed E-state index contributed by atoms with van der Waals surface area (Å²) in [6.07, 6.45) is -3.76. The summed E-state index contributed by atoms with van der Waals surface area (Å²) in [4.78, 5) is 7.37. The first-order valence-electron chi connectivity index (χ1n) is 6.55. The maximum atomic E-state index is 13.1. The highest BCUT2D eigenvalue weighted by Gasteiger charge is 2.38. The number of aromatic nitrogens is 3. The van der Waals surface area contributed by atoms with Crippen LogP contribution in [-0.4, -0.2) is 21.0 Å². The van der Waals surface area contributed by atoms with Gasteiger partial charge in [-0.1, -0.05) is 18.2 Å². The van der Waals surface area contributed by atoms with Gasteiger partial charge in [-0.05, 0) is 12.1 Å². The highest BCUT2D eigenvalue weighted by molar-refractivity contribution is 5.92. The maximum Gasteiger partial charge on any atom is 0.449 e. The van der Waals surface area contributed by atoms with Crippen molar-refractivity contribution in [3.8, 4) is 11.1 Å². The predicted octanol–water partition coefficient (Wildman–Crippen LogP) is 4.18. The van der Waals surface area contributed by atoms with Crippen molar-refractivity contribution < 1.29 is 22.0 Å². The summed E-state index contributed by atoms with van der Waals surface area (Å²) < 4.78 is 65.3. The van der Waals surface area contributed by atoms with Crippen LogP contribution in [0, 0.1) is 6.20 Å². The Labute approximate surface area is 127 Å². The van der Waals surface area contributed by atoms with Crippen molar-refractivity contribution in [3.63, 3.8) is 0 Å². The fraction of sp³-hybridized carbons (Fsp3) is 0.200. The zero-order chi connectivity index (χ0) is 16.6. The van der Waals surface area contributed by atoms with Gasteiger partial charge in [0.15, 0.2) is 0 Å². The van der Waals surface area contributed by atoms with Crippen molar-refractivity contribution in [1.82, 2.24) is 14.5 Å². The number of fused-ring (bicyclic) bond motifs is 1. The largest absolute Gasteiger partial charge is 0.449 e. The topological polar surface area (TPSA) is 30.7 Å². The fourth-order valence-electron chi connectivity index (χ4n) is 2.40. The average Bonchev–Trinajstić information content (AvgIpc) is 2.86. The molecule has 0 atom stereocenters. The Kier molecular flexibility index (Phi) is 3.75. The van der Waals surface area contributed by atoms with Crippen LogP contribution in [0.2, 0.25) is 0 Å². The van der Waals surface area contributed by atoms with Gasteiger partial charge in [0.1, 0.15) is 0 Å². The average molecular weight is 326 g/mol. The van der Waals surface area contributed by atoms with Crippen molar-refractivity contribution >= 4 is 11.0 Å². The number of halogens is 5. The summed E-state index contributed by atoms with van der Waals surface area (Å²) in [7, 11) is 0. The highest BCUT2D eigenvalue weighted by Crippen LogP contribution is 2.35. The van der Waals surface area contributed by atoms with Gasteiger partial charge in [-0.2, -0.15) is 13.2 Å². The molecule has 0 amide bonds. The van der Waals surface area contributed by atoms with Crippen LogP contribution >= 0.6 is 0 Å². The van der Waals surface area contributed by atoms with E-state index < -0.39 is 25.0 Å². The molecule has 0 aliphatic rings. The lowest BCUT2D eigenvalue weighted by Crippen LogP contribution is -2.17. The molecule has 0 N–H and O–H groups in total. The third kappa shape index (κ3) is 2.88. The van der Waals surface area contributed by atoms with E-state index in [1.165, 1.54) is 24.4 Å². The van der Waals surface area contributed by atoms with E-state index in [1.54, 1.807) is 12.1 Å². The van der Waals surface area contributed by atoms with E-state index in [0.29, 0.717) is 15.7 Å². The van der Waals surface area contributed by atoms with Gasteiger partial charge < -0.3 is 4.57 Å². The van der Waals surface area contributed by atoms with E-state index in [0.717, 1.165) is 0 Å². The number of pyridine rings is 1. The zero-order valence-electron chi connectivity index (χ0n) is 11.5. The Morgan fingerprint density at radius 1 is 1.17 bits per heavy atom. The molecule has 0 spiro atoms. The minimum Gasteiger partial charge on any atom is -0.315 e. The highest BCUT2D eigenvalue weighted by atomic mass is 19.4. The predicted molar refractivity (Wildman–Crippen MR) is 72.8 cm³/mol. The third-order valence-electron chi connectivity index (χ3n) is 3.28. The molecule has 1 radical (unpaired) electrons. The lowest BCUT2D eigenvalue weighted by Gasteiger charge is -2.10. The molecule has 0 saturated carbocycles. The molecular weight excluding hydrogens is 317 g/mol. The fourth-order valence-corrected chi connectivity index (χ4v) is 2.40. The Morgan fingerprint density at radius 3 is 2.57 bits per heavy atom. The number of benzene rings is 1. The molecule has 0 unspecified atom stereocenters. The molecule has 0 aliphatic carbocycles. The molecule has 8 heteroatoms. The first-order chi connectivity index (χ1) is 10.9. The number of hydrogen-bond acceptors (Lipinski definition) is 2. The minimum atomic E-state index is -4.83. The van der Waals surface area contributed by atoms with Crippen molar-refractivity contribution in [2.24, 2.45) is 0 Å². The standard InChI is InChI=1S/C15H9F5N3/c16-12(17)8-23-11-5-1-4-10(9-3-2-6-21-7-9)13(11)22-14(23)15(18,19)20/h1-5,7,12H,8H2. The number of hydrogen-bond donors (Lipinski definition) is 0. The van der Waals surface area contributed by atoms with Crippen LogP contribution in [0.3, 0.4) is 0 Å². The quantitative estimate of drug-likeness (QED) is 0.676. The van der Waals surface area contributed by atoms with Gasteiger partial charge in [-0.25, -0.2) is 13.8 Å².